The van der Waals surface area contributed by atoms with Crippen LogP contribution in [0.3, 0.4) is 0 Å². The number of carbonyl (C=O) groups excluding carboxylic acids is 1. The lowest BCUT2D eigenvalue weighted by atomic mass is 9.81. The van der Waals surface area contributed by atoms with Gasteiger partial charge in [-0.05, 0) is 31.0 Å². The second-order valence-electron chi connectivity index (χ2n) is 4.45. The predicted molar refractivity (Wildman–Crippen MR) is 71.2 cm³/mol. The second-order valence-corrected chi connectivity index (χ2v) is 4.45. The topological polar surface area (TPSA) is 67.8 Å². The third-order valence-corrected chi connectivity index (χ3v) is 3.02. The maximum Gasteiger partial charge on any atom is 0.317 e. The Morgan fingerprint density at radius 1 is 1.37 bits per heavy atom. The zero-order valence-corrected chi connectivity index (χ0v) is 11.4. The molecule has 104 valence electrons. The molecule has 0 saturated heterocycles. The van der Waals surface area contributed by atoms with E-state index in [-0.39, 0.29) is 5.75 Å². The number of phenols is 1. The summed E-state index contributed by atoms with van der Waals surface area (Å²) in [6.45, 7) is 5.54. The molecule has 0 aliphatic rings. The molecule has 5 heteroatoms. The van der Waals surface area contributed by atoms with Gasteiger partial charge >= 0.3 is 5.97 Å². The van der Waals surface area contributed by atoms with Crippen LogP contribution < -0.4 is 5.48 Å². The molecule has 0 aromatic heterocycles. The Hall–Kier alpha value is -2.01. The van der Waals surface area contributed by atoms with Gasteiger partial charge in [0.25, 0.3) is 0 Å². The molecule has 1 rings (SSSR count). The van der Waals surface area contributed by atoms with Gasteiger partial charge in [0.15, 0.2) is 0 Å². The lowest BCUT2D eigenvalue weighted by molar-refractivity contribution is -0.150. The fourth-order valence-corrected chi connectivity index (χ4v) is 1.79. The molecule has 1 aromatic rings. The summed E-state index contributed by atoms with van der Waals surface area (Å²) in [4.78, 5) is 16.8. The van der Waals surface area contributed by atoms with Crippen molar-refractivity contribution < 1.29 is 19.5 Å². The van der Waals surface area contributed by atoms with E-state index in [0.717, 1.165) is 5.56 Å². The highest BCUT2D eigenvalue weighted by Gasteiger charge is 2.38. The molecule has 5 nitrogen and oxygen atoms in total. The molecule has 0 aliphatic heterocycles. The van der Waals surface area contributed by atoms with Crippen molar-refractivity contribution >= 4 is 5.97 Å². The van der Waals surface area contributed by atoms with Crippen molar-refractivity contribution in [1.82, 2.24) is 5.48 Å². The van der Waals surface area contributed by atoms with E-state index in [1.165, 1.54) is 14.2 Å². The zero-order chi connectivity index (χ0) is 14.5. The zero-order valence-electron chi connectivity index (χ0n) is 11.4. The van der Waals surface area contributed by atoms with Gasteiger partial charge in [-0.25, -0.2) is 0 Å². The number of hydrogen-bond acceptors (Lipinski definition) is 5. The summed E-state index contributed by atoms with van der Waals surface area (Å²) >= 11 is 0. The Morgan fingerprint density at radius 3 is 2.42 bits per heavy atom. The number of methoxy groups -OCH3 is 1. The molecule has 0 saturated carbocycles. The Bertz CT molecular complexity index is 455. The molecule has 1 aromatic carbocycles. The standard InChI is InChI=1S/C14H19NO4/c1-10(15-19-4)14(2,13(17)18-3)9-11-5-7-12(16)8-6-11/h5-8,15-16H,1,9H2,2-4H3. The van der Waals surface area contributed by atoms with E-state index in [4.69, 9.17) is 9.57 Å². The average molecular weight is 265 g/mol. The first-order chi connectivity index (χ1) is 8.93. The summed E-state index contributed by atoms with van der Waals surface area (Å²) in [5, 5.41) is 9.26. The number of carbonyl (C=O) groups is 1. The van der Waals surface area contributed by atoms with Crippen LogP contribution in [-0.2, 0) is 20.8 Å². The molecule has 19 heavy (non-hydrogen) atoms. The number of hydroxylamine groups is 1. The average Bonchev–Trinajstić information content (AvgIpc) is 2.40. The first-order valence-electron chi connectivity index (χ1n) is 5.78. The highest BCUT2D eigenvalue weighted by atomic mass is 16.6. The monoisotopic (exact) mass is 265 g/mol. The van der Waals surface area contributed by atoms with Crippen LogP contribution in [0.1, 0.15) is 12.5 Å². The van der Waals surface area contributed by atoms with Crippen LogP contribution in [0.15, 0.2) is 36.5 Å². The highest BCUT2D eigenvalue weighted by molar-refractivity contribution is 5.80. The summed E-state index contributed by atoms with van der Waals surface area (Å²) in [6, 6.07) is 6.63. The van der Waals surface area contributed by atoms with E-state index in [1.807, 2.05) is 0 Å². The molecule has 0 heterocycles. The van der Waals surface area contributed by atoms with Crippen molar-refractivity contribution in [2.24, 2.45) is 5.41 Å². The summed E-state index contributed by atoms with van der Waals surface area (Å²) in [5.41, 5.74) is 2.92. The Labute approximate surface area is 112 Å². The van der Waals surface area contributed by atoms with Crippen LogP contribution in [0.25, 0.3) is 0 Å². The quantitative estimate of drug-likeness (QED) is 0.606. The van der Waals surface area contributed by atoms with Gasteiger partial charge in [-0.2, -0.15) is 0 Å². The highest BCUT2D eigenvalue weighted by Crippen LogP contribution is 2.31. The SMILES string of the molecule is C=C(NOC)C(C)(Cc1ccc(O)cc1)C(=O)OC. The minimum absolute atomic E-state index is 0.178. The summed E-state index contributed by atoms with van der Waals surface area (Å²) in [7, 11) is 2.78. The molecular weight excluding hydrogens is 246 g/mol. The van der Waals surface area contributed by atoms with E-state index in [1.54, 1.807) is 31.2 Å². The molecule has 2 N–H and O–H groups in total. The fraction of sp³-hybridized carbons (Fsp3) is 0.357. The third kappa shape index (κ3) is 3.48. The van der Waals surface area contributed by atoms with Crippen LogP contribution in [0, 0.1) is 5.41 Å². The minimum atomic E-state index is -0.957. The number of benzene rings is 1. The number of aromatic hydroxyl groups is 1. The number of hydrogen-bond donors (Lipinski definition) is 2. The lowest BCUT2D eigenvalue weighted by Gasteiger charge is -2.29. The van der Waals surface area contributed by atoms with E-state index in [2.05, 4.69) is 12.1 Å². The van der Waals surface area contributed by atoms with Crippen molar-refractivity contribution in [2.75, 3.05) is 14.2 Å². The summed E-state index contributed by atoms with van der Waals surface area (Å²) in [6.07, 6.45) is 0.384. The van der Waals surface area contributed by atoms with Gasteiger partial charge in [0, 0.05) is 5.70 Å². The molecule has 0 spiro atoms. The van der Waals surface area contributed by atoms with E-state index < -0.39 is 11.4 Å². The fourth-order valence-electron chi connectivity index (χ4n) is 1.79. The van der Waals surface area contributed by atoms with Crippen molar-refractivity contribution in [2.45, 2.75) is 13.3 Å². The second kappa shape index (κ2) is 6.24. The lowest BCUT2D eigenvalue weighted by Crippen LogP contribution is -2.38. The molecule has 0 aliphatic carbocycles. The Kier molecular flexibility index (Phi) is 4.94. The van der Waals surface area contributed by atoms with E-state index in [9.17, 15) is 9.90 Å². The van der Waals surface area contributed by atoms with Crippen LogP contribution in [0.4, 0.5) is 0 Å². The van der Waals surface area contributed by atoms with Crippen LogP contribution in [-0.4, -0.2) is 25.3 Å². The maximum atomic E-state index is 12.0. The summed E-state index contributed by atoms with van der Waals surface area (Å²) in [5.74, 6) is -0.229. The molecule has 0 fully saturated rings. The molecule has 0 amide bonds. The first kappa shape index (κ1) is 15.0. The number of esters is 1. The van der Waals surface area contributed by atoms with Crippen molar-refractivity contribution in [3.8, 4) is 5.75 Å². The predicted octanol–water partition coefficient (Wildman–Crippen LogP) is 1.78. The number of nitrogens with one attached hydrogen (secondary N) is 1. The largest absolute Gasteiger partial charge is 0.508 e. The van der Waals surface area contributed by atoms with Crippen molar-refractivity contribution in [1.29, 1.82) is 0 Å². The summed E-state index contributed by atoms with van der Waals surface area (Å²) < 4.78 is 4.83. The maximum absolute atomic E-state index is 12.0. The van der Waals surface area contributed by atoms with Gasteiger partial charge in [0.2, 0.25) is 0 Å². The van der Waals surface area contributed by atoms with E-state index >= 15 is 0 Å². The Balaban J connectivity index is 3.00. The van der Waals surface area contributed by atoms with Gasteiger partial charge in [-0.15, -0.1) is 0 Å². The molecular formula is C14H19NO4. The number of ether oxygens (including phenoxy) is 1. The number of rotatable bonds is 6. The number of phenolic OH excluding ortho intramolecular Hbond substituents is 1. The van der Waals surface area contributed by atoms with Gasteiger partial charge in [-0.1, -0.05) is 18.7 Å². The molecule has 1 unspecified atom stereocenters. The van der Waals surface area contributed by atoms with Crippen molar-refractivity contribution in [3.05, 3.63) is 42.1 Å². The minimum Gasteiger partial charge on any atom is -0.508 e. The van der Waals surface area contributed by atoms with Gasteiger partial charge in [0.05, 0.1) is 14.2 Å². The van der Waals surface area contributed by atoms with Crippen LogP contribution in [0.2, 0.25) is 0 Å². The smallest absolute Gasteiger partial charge is 0.317 e. The first-order valence-corrected chi connectivity index (χ1v) is 5.78. The van der Waals surface area contributed by atoms with Gasteiger partial charge in [0.1, 0.15) is 11.2 Å². The third-order valence-electron chi connectivity index (χ3n) is 3.02. The van der Waals surface area contributed by atoms with E-state index in [0.29, 0.717) is 12.1 Å². The molecule has 1 atom stereocenters. The van der Waals surface area contributed by atoms with Gasteiger partial charge < -0.3 is 9.84 Å². The van der Waals surface area contributed by atoms with Crippen LogP contribution in [0.5, 0.6) is 5.75 Å². The normalized spacial score (nSPS) is 13.4. The van der Waals surface area contributed by atoms with Gasteiger partial charge in [-0.3, -0.25) is 15.1 Å². The Morgan fingerprint density at radius 2 is 1.95 bits per heavy atom. The van der Waals surface area contributed by atoms with Crippen molar-refractivity contribution in [3.63, 3.8) is 0 Å². The molecule has 0 bridgehead atoms. The molecule has 0 radical (unpaired) electrons. The van der Waals surface area contributed by atoms with Crippen LogP contribution >= 0.6 is 0 Å².